The minimum Gasteiger partial charge on any atom is -0.459 e. The first-order chi connectivity index (χ1) is 13.6. The number of benzene rings is 2. The van der Waals surface area contributed by atoms with Crippen LogP contribution in [0.4, 0.5) is 5.69 Å². The van der Waals surface area contributed by atoms with Gasteiger partial charge in [0.05, 0.1) is 15.5 Å². The molecule has 0 aromatic heterocycles. The molecule has 0 aliphatic carbocycles. The number of aryl methyl sites for hydroxylation is 2. The van der Waals surface area contributed by atoms with E-state index >= 15 is 0 Å². The van der Waals surface area contributed by atoms with Crippen molar-refractivity contribution in [2.24, 2.45) is 5.92 Å². The van der Waals surface area contributed by atoms with Gasteiger partial charge in [-0.25, -0.2) is 4.79 Å². The van der Waals surface area contributed by atoms with Gasteiger partial charge in [0.1, 0.15) is 12.6 Å². The van der Waals surface area contributed by atoms with Crippen molar-refractivity contribution in [2.75, 3.05) is 0 Å². The second kappa shape index (κ2) is 9.52. The van der Waals surface area contributed by atoms with Crippen molar-refractivity contribution in [3.05, 3.63) is 73.8 Å². The molecule has 7 nitrogen and oxygen atoms in total. The third-order valence-corrected chi connectivity index (χ3v) is 4.59. The molecule has 1 N–H and O–H groups in total. The maximum absolute atomic E-state index is 12.6. The van der Waals surface area contributed by atoms with Crippen molar-refractivity contribution < 1.29 is 19.2 Å². The highest BCUT2D eigenvalue weighted by Crippen LogP contribution is 2.23. The van der Waals surface area contributed by atoms with Gasteiger partial charge in [-0.2, -0.15) is 0 Å². The monoisotopic (exact) mass is 418 g/mol. The van der Waals surface area contributed by atoms with Crippen LogP contribution in [-0.4, -0.2) is 22.8 Å². The van der Waals surface area contributed by atoms with Gasteiger partial charge in [0.15, 0.2) is 0 Å². The molecular formula is C21H23ClN2O5. The summed E-state index contributed by atoms with van der Waals surface area (Å²) in [5, 5.41) is 13.4. The molecule has 154 valence electrons. The second-order valence-electron chi connectivity index (χ2n) is 7.22. The van der Waals surface area contributed by atoms with Gasteiger partial charge in [-0.05, 0) is 31.4 Å². The van der Waals surface area contributed by atoms with Crippen molar-refractivity contribution in [2.45, 2.75) is 40.3 Å². The Balaban J connectivity index is 2.09. The Labute approximate surface area is 174 Å². The Hall–Kier alpha value is -2.93. The lowest BCUT2D eigenvalue weighted by Crippen LogP contribution is -2.45. The summed E-state index contributed by atoms with van der Waals surface area (Å²) >= 11 is 6.00. The number of nitro benzene ring substituents is 1. The van der Waals surface area contributed by atoms with Gasteiger partial charge in [-0.1, -0.05) is 54.8 Å². The smallest absolute Gasteiger partial charge is 0.329 e. The maximum Gasteiger partial charge on any atom is 0.329 e. The summed E-state index contributed by atoms with van der Waals surface area (Å²) in [7, 11) is 0. The molecule has 0 spiro atoms. The number of rotatable bonds is 7. The lowest BCUT2D eigenvalue weighted by molar-refractivity contribution is -0.384. The number of hydrogen-bond acceptors (Lipinski definition) is 5. The molecule has 0 fully saturated rings. The molecule has 0 saturated carbocycles. The van der Waals surface area contributed by atoms with Gasteiger partial charge in [0, 0.05) is 12.1 Å². The standard InChI is InChI=1S/C21H23ClN2O5/c1-12(2)19(21(26)29-11-15-8-13(3)7-14(4)9-15)23-20(25)17-6-5-16(24(27)28)10-18(17)22/h5-10,12,19H,11H2,1-4H3,(H,23,25). The lowest BCUT2D eigenvalue weighted by atomic mass is 10.0. The van der Waals surface area contributed by atoms with Crippen LogP contribution in [0.15, 0.2) is 36.4 Å². The topological polar surface area (TPSA) is 98.5 Å². The molecule has 2 rings (SSSR count). The number of carbonyl (C=O) groups excluding carboxylic acids is 2. The van der Waals surface area contributed by atoms with Crippen LogP contribution in [0, 0.1) is 29.9 Å². The molecule has 0 aliphatic rings. The van der Waals surface area contributed by atoms with E-state index in [0.29, 0.717) is 0 Å². The molecule has 0 bridgehead atoms. The average molecular weight is 419 g/mol. The largest absolute Gasteiger partial charge is 0.459 e. The number of hydrogen-bond donors (Lipinski definition) is 1. The van der Waals surface area contributed by atoms with Crippen molar-refractivity contribution in [1.29, 1.82) is 0 Å². The summed E-state index contributed by atoms with van der Waals surface area (Å²) in [4.78, 5) is 35.3. The Bertz CT molecular complexity index is 922. The van der Waals surface area contributed by atoms with Crippen LogP contribution in [0.3, 0.4) is 0 Å². The van der Waals surface area contributed by atoms with E-state index in [4.69, 9.17) is 16.3 Å². The molecule has 1 unspecified atom stereocenters. The lowest BCUT2D eigenvalue weighted by Gasteiger charge is -2.21. The summed E-state index contributed by atoms with van der Waals surface area (Å²) in [6.07, 6.45) is 0. The van der Waals surface area contributed by atoms with Gasteiger partial charge in [0.2, 0.25) is 0 Å². The molecule has 0 saturated heterocycles. The van der Waals surface area contributed by atoms with E-state index in [1.165, 1.54) is 12.1 Å². The Morgan fingerprint density at radius 3 is 2.28 bits per heavy atom. The molecule has 8 heteroatoms. The number of halogens is 1. The molecule has 2 aromatic carbocycles. The summed E-state index contributed by atoms with van der Waals surface area (Å²) in [6, 6.07) is 8.53. The molecule has 1 atom stereocenters. The number of non-ortho nitro benzene ring substituents is 1. The van der Waals surface area contributed by atoms with Crippen molar-refractivity contribution in [3.63, 3.8) is 0 Å². The van der Waals surface area contributed by atoms with Crippen molar-refractivity contribution in [3.8, 4) is 0 Å². The first-order valence-electron chi connectivity index (χ1n) is 9.07. The van der Waals surface area contributed by atoms with Gasteiger partial charge in [-0.15, -0.1) is 0 Å². The van der Waals surface area contributed by atoms with Gasteiger partial charge in [0.25, 0.3) is 11.6 Å². The summed E-state index contributed by atoms with van der Waals surface area (Å²) in [5.74, 6) is -1.40. The average Bonchev–Trinajstić information content (AvgIpc) is 2.62. The SMILES string of the molecule is Cc1cc(C)cc(COC(=O)C(NC(=O)c2ccc([N+](=O)[O-])cc2Cl)C(C)C)c1. The fraction of sp³-hybridized carbons (Fsp3) is 0.333. The van der Waals surface area contributed by atoms with Gasteiger partial charge < -0.3 is 10.1 Å². The van der Waals surface area contributed by atoms with Gasteiger partial charge in [-0.3, -0.25) is 14.9 Å². The van der Waals surface area contributed by atoms with E-state index in [2.05, 4.69) is 5.32 Å². The van der Waals surface area contributed by atoms with Crippen LogP contribution in [0.25, 0.3) is 0 Å². The minimum absolute atomic E-state index is 0.0463. The van der Waals surface area contributed by atoms with Crippen molar-refractivity contribution in [1.82, 2.24) is 5.32 Å². The van der Waals surface area contributed by atoms with E-state index in [1.807, 2.05) is 32.0 Å². The Morgan fingerprint density at radius 1 is 1.14 bits per heavy atom. The van der Waals surface area contributed by atoms with Crippen LogP contribution in [0.1, 0.15) is 40.9 Å². The van der Waals surface area contributed by atoms with E-state index in [1.54, 1.807) is 13.8 Å². The fourth-order valence-corrected chi connectivity index (χ4v) is 3.18. The summed E-state index contributed by atoms with van der Waals surface area (Å²) < 4.78 is 5.40. The highest BCUT2D eigenvalue weighted by molar-refractivity contribution is 6.34. The van der Waals surface area contributed by atoms with E-state index in [-0.39, 0.29) is 28.8 Å². The fourth-order valence-electron chi connectivity index (χ4n) is 2.92. The number of amides is 1. The predicted molar refractivity (Wildman–Crippen MR) is 110 cm³/mol. The molecule has 2 aromatic rings. The van der Waals surface area contributed by atoms with E-state index in [9.17, 15) is 19.7 Å². The van der Waals surface area contributed by atoms with Crippen molar-refractivity contribution >= 4 is 29.2 Å². The Morgan fingerprint density at radius 2 is 1.76 bits per heavy atom. The zero-order valence-corrected chi connectivity index (χ0v) is 17.4. The number of nitrogens with one attached hydrogen (secondary N) is 1. The number of carbonyl (C=O) groups is 2. The van der Waals surface area contributed by atoms with Crippen LogP contribution in [-0.2, 0) is 16.1 Å². The summed E-state index contributed by atoms with van der Waals surface area (Å²) in [6.45, 7) is 7.58. The zero-order valence-electron chi connectivity index (χ0n) is 16.7. The first-order valence-corrected chi connectivity index (χ1v) is 9.45. The molecule has 0 aliphatic heterocycles. The normalized spacial score (nSPS) is 11.8. The molecule has 0 heterocycles. The minimum atomic E-state index is -0.889. The third-order valence-electron chi connectivity index (χ3n) is 4.28. The van der Waals surface area contributed by atoms with Crippen LogP contribution < -0.4 is 5.32 Å². The number of ether oxygens (including phenoxy) is 1. The second-order valence-corrected chi connectivity index (χ2v) is 7.63. The van der Waals surface area contributed by atoms with Crippen LogP contribution >= 0.6 is 11.6 Å². The highest BCUT2D eigenvalue weighted by atomic mass is 35.5. The summed E-state index contributed by atoms with van der Waals surface area (Å²) in [5.41, 5.74) is 2.82. The maximum atomic E-state index is 12.6. The van der Waals surface area contributed by atoms with Crippen LogP contribution in [0.2, 0.25) is 5.02 Å². The van der Waals surface area contributed by atoms with Gasteiger partial charge >= 0.3 is 5.97 Å². The van der Waals surface area contributed by atoms with E-state index < -0.39 is 22.8 Å². The zero-order chi connectivity index (χ0) is 21.7. The number of nitrogens with zero attached hydrogens (tertiary/aromatic N) is 1. The highest BCUT2D eigenvalue weighted by Gasteiger charge is 2.27. The molecule has 29 heavy (non-hydrogen) atoms. The molecule has 1 amide bonds. The molecular weight excluding hydrogens is 396 g/mol. The molecule has 0 radical (unpaired) electrons. The number of nitro groups is 1. The third kappa shape index (κ3) is 6.02. The number of esters is 1. The first kappa shape index (κ1) is 22.4. The predicted octanol–water partition coefficient (Wildman–Crippen LogP) is 4.36. The van der Waals surface area contributed by atoms with Crippen LogP contribution in [0.5, 0.6) is 0 Å². The quantitative estimate of drug-likeness (QED) is 0.409. The Kier molecular flexibility index (Phi) is 7.34. The van der Waals surface area contributed by atoms with E-state index in [0.717, 1.165) is 22.8 Å².